The van der Waals surface area contributed by atoms with E-state index in [4.69, 9.17) is 16.7 Å². The molecule has 120 valence electrons. The van der Waals surface area contributed by atoms with E-state index in [1.807, 2.05) is 23.1 Å². The number of aromatic amines is 1. The van der Waals surface area contributed by atoms with Crippen molar-refractivity contribution in [2.45, 2.75) is 19.3 Å². The molecule has 1 saturated heterocycles. The Labute approximate surface area is 138 Å². The van der Waals surface area contributed by atoms with Crippen LogP contribution in [0.4, 0.5) is 0 Å². The zero-order valence-electron chi connectivity index (χ0n) is 12.5. The molecular weight excluding hydrogens is 316 g/mol. The van der Waals surface area contributed by atoms with Crippen molar-refractivity contribution in [1.82, 2.24) is 9.88 Å². The van der Waals surface area contributed by atoms with Crippen LogP contribution in [0, 0.1) is 11.3 Å². The van der Waals surface area contributed by atoms with Crippen LogP contribution in [0.2, 0.25) is 5.02 Å². The third-order valence-corrected chi connectivity index (χ3v) is 5.29. The van der Waals surface area contributed by atoms with E-state index >= 15 is 0 Å². The molecule has 2 fully saturated rings. The van der Waals surface area contributed by atoms with E-state index in [9.17, 15) is 9.59 Å². The molecule has 1 aliphatic carbocycles. The predicted molar refractivity (Wildman–Crippen MR) is 86.6 cm³/mol. The van der Waals surface area contributed by atoms with Gasteiger partial charge in [-0.3, -0.25) is 9.59 Å². The molecule has 4 rings (SSSR count). The smallest absolute Gasteiger partial charge is 0.303 e. The van der Waals surface area contributed by atoms with Gasteiger partial charge in [0.15, 0.2) is 0 Å². The molecule has 1 aromatic carbocycles. The summed E-state index contributed by atoms with van der Waals surface area (Å²) in [5, 5.41) is 10.4. The summed E-state index contributed by atoms with van der Waals surface area (Å²) in [6.07, 6.45) is 2.09. The highest BCUT2D eigenvalue weighted by Gasteiger charge is 2.53. The van der Waals surface area contributed by atoms with E-state index in [0.717, 1.165) is 36.8 Å². The number of hydrogen-bond acceptors (Lipinski definition) is 2. The zero-order valence-corrected chi connectivity index (χ0v) is 13.3. The van der Waals surface area contributed by atoms with Crippen LogP contribution >= 0.6 is 11.6 Å². The number of aliphatic carboxylic acids is 1. The third kappa shape index (κ3) is 2.49. The van der Waals surface area contributed by atoms with E-state index in [2.05, 4.69) is 4.98 Å². The number of likely N-dealkylation sites (tertiary alicyclic amines) is 1. The molecule has 5 nitrogen and oxygen atoms in total. The summed E-state index contributed by atoms with van der Waals surface area (Å²) in [5.74, 6) is -0.446. The number of halogens is 1. The standard InChI is InChI=1S/C17H17ClN2O3/c18-12-1-2-13-11(4-12)5-14(19-13)16(23)20-8-17(9-20)6-10(7-17)3-15(21)22/h1-2,4-5,10,19H,3,6-9H2,(H,21,22). The second kappa shape index (κ2) is 4.99. The van der Waals surface area contributed by atoms with Crippen LogP contribution in [0.25, 0.3) is 10.9 Å². The molecule has 0 bridgehead atoms. The van der Waals surface area contributed by atoms with E-state index in [0.29, 0.717) is 10.7 Å². The lowest BCUT2D eigenvalue weighted by atomic mass is 9.57. The minimum absolute atomic E-state index is 0.00429. The quantitative estimate of drug-likeness (QED) is 0.906. The largest absolute Gasteiger partial charge is 0.481 e. The average Bonchev–Trinajstić information content (AvgIpc) is 2.81. The topological polar surface area (TPSA) is 73.4 Å². The maximum absolute atomic E-state index is 12.5. The molecule has 23 heavy (non-hydrogen) atoms. The Kier molecular flexibility index (Phi) is 3.17. The third-order valence-electron chi connectivity index (χ3n) is 5.06. The second-order valence-electron chi connectivity index (χ2n) is 6.95. The van der Waals surface area contributed by atoms with Crippen LogP contribution in [0.15, 0.2) is 24.3 Å². The van der Waals surface area contributed by atoms with E-state index in [1.54, 1.807) is 6.07 Å². The number of fused-ring (bicyclic) bond motifs is 1. The van der Waals surface area contributed by atoms with Gasteiger partial charge in [0.1, 0.15) is 5.69 Å². The fraction of sp³-hybridized carbons (Fsp3) is 0.412. The van der Waals surface area contributed by atoms with Crippen LogP contribution in [-0.4, -0.2) is 40.0 Å². The summed E-state index contributed by atoms with van der Waals surface area (Å²) >= 11 is 5.97. The van der Waals surface area contributed by atoms with Gasteiger partial charge in [-0.15, -0.1) is 0 Å². The number of carbonyl (C=O) groups is 2. The molecule has 2 aliphatic rings. The van der Waals surface area contributed by atoms with E-state index in [-0.39, 0.29) is 23.7 Å². The number of hydrogen-bond donors (Lipinski definition) is 2. The molecule has 2 N–H and O–H groups in total. The molecule has 0 unspecified atom stereocenters. The number of aromatic nitrogens is 1. The van der Waals surface area contributed by atoms with Gasteiger partial charge in [0.05, 0.1) is 0 Å². The summed E-state index contributed by atoms with van der Waals surface area (Å²) in [5.41, 5.74) is 1.65. The molecule has 2 heterocycles. The lowest BCUT2D eigenvalue weighted by molar-refractivity contribution is -0.143. The number of amides is 1. The van der Waals surface area contributed by atoms with Crippen molar-refractivity contribution in [3.05, 3.63) is 35.0 Å². The monoisotopic (exact) mass is 332 g/mol. The SMILES string of the molecule is O=C(O)CC1CC2(C1)CN(C(=O)c1cc3cc(Cl)ccc3[nH]1)C2. The Morgan fingerprint density at radius 3 is 2.74 bits per heavy atom. The maximum Gasteiger partial charge on any atom is 0.303 e. The first-order valence-electron chi connectivity index (χ1n) is 7.73. The number of rotatable bonds is 3. The summed E-state index contributed by atoms with van der Waals surface area (Å²) in [6, 6.07) is 7.34. The molecule has 1 aromatic heterocycles. The Balaban J connectivity index is 1.40. The average molecular weight is 333 g/mol. The van der Waals surface area contributed by atoms with Gasteiger partial charge in [0.25, 0.3) is 5.91 Å². The molecule has 1 saturated carbocycles. The lowest BCUT2D eigenvalue weighted by Gasteiger charge is -2.58. The molecule has 0 atom stereocenters. The summed E-state index contributed by atoms with van der Waals surface area (Å²) in [4.78, 5) is 28.2. The van der Waals surface area contributed by atoms with Gasteiger partial charge in [0, 0.05) is 40.9 Å². The molecule has 6 heteroatoms. The van der Waals surface area contributed by atoms with Crippen molar-refractivity contribution in [2.75, 3.05) is 13.1 Å². The molecule has 2 aromatic rings. The number of carboxylic acids is 1. The minimum atomic E-state index is -0.728. The van der Waals surface area contributed by atoms with E-state index in [1.165, 1.54) is 0 Å². The summed E-state index contributed by atoms with van der Waals surface area (Å²) in [6.45, 7) is 1.47. The first kappa shape index (κ1) is 14.6. The highest BCUT2D eigenvalue weighted by molar-refractivity contribution is 6.31. The van der Waals surface area contributed by atoms with Crippen molar-refractivity contribution >= 4 is 34.4 Å². The van der Waals surface area contributed by atoms with Crippen molar-refractivity contribution in [1.29, 1.82) is 0 Å². The highest BCUT2D eigenvalue weighted by Crippen LogP contribution is 2.53. The van der Waals surface area contributed by atoms with Crippen LogP contribution < -0.4 is 0 Å². The minimum Gasteiger partial charge on any atom is -0.481 e. The van der Waals surface area contributed by atoms with Crippen LogP contribution in [0.3, 0.4) is 0 Å². The number of benzene rings is 1. The van der Waals surface area contributed by atoms with E-state index < -0.39 is 5.97 Å². The van der Waals surface area contributed by atoms with Crippen molar-refractivity contribution in [3.63, 3.8) is 0 Å². The molecule has 1 amide bonds. The Morgan fingerprint density at radius 2 is 2.04 bits per heavy atom. The molecule has 1 spiro atoms. The number of carboxylic acid groups (broad SMARTS) is 1. The Bertz CT molecular complexity index is 799. The fourth-order valence-electron chi connectivity index (χ4n) is 4.11. The maximum atomic E-state index is 12.5. The van der Waals surface area contributed by atoms with Gasteiger partial charge in [-0.1, -0.05) is 11.6 Å². The van der Waals surface area contributed by atoms with Gasteiger partial charge in [-0.05, 0) is 43.0 Å². The Hall–Kier alpha value is -2.01. The van der Waals surface area contributed by atoms with Gasteiger partial charge < -0.3 is 15.0 Å². The van der Waals surface area contributed by atoms with Gasteiger partial charge in [-0.25, -0.2) is 0 Å². The van der Waals surface area contributed by atoms with Gasteiger partial charge in [0.2, 0.25) is 0 Å². The second-order valence-corrected chi connectivity index (χ2v) is 7.38. The zero-order chi connectivity index (χ0) is 16.2. The predicted octanol–water partition coefficient (Wildman–Crippen LogP) is 3.15. The number of carbonyl (C=O) groups excluding carboxylic acids is 1. The van der Waals surface area contributed by atoms with Crippen LogP contribution in [0.1, 0.15) is 29.8 Å². The first-order valence-corrected chi connectivity index (χ1v) is 8.11. The summed E-state index contributed by atoms with van der Waals surface area (Å²) in [7, 11) is 0. The summed E-state index contributed by atoms with van der Waals surface area (Å²) < 4.78 is 0. The number of nitrogens with zero attached hydrogens (tertiary/aromatic N) is 1. The molecule has 1 aliphatic heterocycles. The number of H-pyrrole nitrogens is 1. The molecular formula is C17H17ClN2O3. The highest BCUT2D eigenvalue weighted by atomic mass is 35.5. The Morgan fingerprint density at radius 1 is 1.30 bits per heavy atom. The van der Waals surface area contributed by atoms with Gasteiger partial charge in [-0.2, -0.15) is 0 Å². The number of nitrogens with one attached hydrogen (secondary N) is 1. The van der Waals surface area contributed by atoms with Crippen LogP contribution in [-0.2, 0) is 4.79 Å². The van der Waals surface area contributed by atoms with Crippen LogP contribution in [0.5, 0.6) is 0 Å². The van der Waals surface area contributed by atoms with Crippen molar-refractivity contribution in [3.8, 4) is 0 Å². The fourth-order valence-corrected chi connectivity index (χ4v) is 4.29. The van der Waals surface area contributed by atoms with Gasteiger partial charge >= 0.3 is 5.97 Å². The molecule has 0 radical (unpaired) electrons. The van der Waals surface area contributed by atoms with Crippen molar-refractivity contribution in [2.24, 2.45) is 11.3 Å². The first-order chi connectivity index (χ1) is 10.9. The van der Waals surface area contributed by atoms with Crippen molar-refractivity contribution < 1.29 is 14.7 Å². The normalized spacial score (nSPS) is 19.6. The lowest BCUT2D eigenvalue weighted by Crippen LogP contribution is -2.63.